The van der Waals surface area contributed by atoms with Gasteiger partial charge in [-0.05, 0) is 44.1 Å². The van der Waals surface area contributed by atoms with Gasteiger partial charge in [0.2, 0.25) is 0 Å². The number of nitrogens with two attached hydrogens (primary N) is 1. The fourth-order valence-corrected chi connectivity index (χ4v) is 4.33. The third-order valence-electron chi connectivity index (χ3n) is 5.49. The topological polar surface area (TPSA) is 29.3 Å². The predicted molar refractivity (Wildman–Crippen MR) is 74.0 cm³/mol. The molecule has 2 nitrogen and oxygen atoms in total. The normalized spacial score (nSPS) is 39.7. The summed E-state index contributed by atoms with van der Waals surface area (Å²) in [6, 6.07) is 0. The Labute approximate surface area is 107 Å². The van der Waals surface area contributed by atoms with Crippen molar-refractivity contribution in [3.05, 3.63) is 0 Å². The van der Waals surface area contributed by atoms with Gasteiger partial charge in [-0.25, -0.2) is 0 Å². The van der Waals surface area contributed by atoms with E-state index in [-0.39, 0.29) is 0 Å². The molecule has 0 aromatic rings. The van der Waals surface area contributed by atoms with E-state index in [4.69, 9.17) is 5.73 Å². The summed E-state index contributed by atoms with van der Waals surface area (Å²) in [4.78, 5) is 2.78. The second-order valence-corrected chi connectivity index (χ2v) is 6.17. The summed E-state index contributed by atoms with van der Waals surface area (Å²) in [6.45, 7) is 8.17. The van der Waals surface area contributed by atoms with E-state index in [2.05, 4.69) is 18.7 Å². The minimum atomic E-state index is 0.364. The number of likely N-dealkylation sites (tertiary alicyclic amines) is 1. The predicted octanol–water partition coefficient (Wildman–Crippen LogP) is 3.02. The molecule has 1 heterocycles. The molecule has 0 aromatic heterocycles. The highest BCUT2D eigenvalue weighted by Crippen LogP contribution is 2.43. The van der Waals surface area contributed by atoms with Gasteiger partial charge in [-0.3, -0.25) is 4.90 Å². The Hall–Kier alpha value is -0.0800. The number of piperidine rings is 1. The van der Waals surface area contributed by atoms with Crippen molar-refractivity contribution >= 4 is 0 Å². The molecule has 1 aliphatic heterocycles. The molecule has 1 saturated heterocycles. The van der Waals surface area contributed by atoms with Gasteiger partial charge in [0, 0.05) is 18.6 Å². The van der Waals surface area contributed by atoms with Crippen LogP contribution in [0.2, 0.25) is 0 Å². The number of hydrogen-bond acceptors (Lipinski definition) is 2. The maximum Gasteiger partial charge on any atom is 0.0359 e. The van der Waals surface area contributed by atoms with Gasteiger partial charge in [0.1, 0.15) is 0 Å². The Morgan fingerprint density at radius 2 is 2.00 bits per heavy atom. The van der Waals surface area contributed by atoms with Crippen LogP contribution < -0.4 is 5.73 Å². The summed E-state index contributed by atoms with van der Waals surface area (Å²) in [5, 5.41) is 0. The zero-order valence-electron chi connectivity index (χ0n) is 11.8. The van der Waals surface area contributed by atoms with Gasteiger partial charge in [-0.15, -0.1) is 0 Å². The van der Waals surface area contributed by atoms with Gasteiger partial charge in [0.25, 0.3) is 0 Å². The molecule has 3 unspecified atom stereocenters. The first-order valence-electron chi connectivity index (χ1n) is 7.72. The second kappa shape index (κ2) is 5.71. The Kier molecular flexibility index (Phi) is 4.48. The molecule has 2 heteroatoms. The molecule has 0 bridgehead atoms. The van der Waals surface area contributed by atoms with Crippen LogP contribution in [0.5, 0.6) is 0 Å². The Morgan fingerprint density at radius 1 is 1.18 bits per heavy atom. The average molecular weight is 238 g/mol. The molecule has 3 atom stereocenters. The van der Waals surface area contributed by atoms with Crippen LogP contribution in [0.25, 0.3) is 0 Å². The maximum absolute atomic E-state index is 6.21. The fraction of sp³-hybridized carbons (Fsp3) is 1.00. The van der Waals surface area contributed by atoms with E-state index < -0.39 is 0 Å². The smallest absolute Gasteiger partial charge is 0.0359 e. The highest BCUT2D eigenvalue weighted by Gasteiger charge is 2.46. The van der Waals surface area contributed by atoms with E-state index in [1.165, 1.54) is 58.0 Å². The summed E-state index contributed by atoms with van der Waals surface area (Å²) >= 11 is 0. The quantitative estimate of drug-likeness (QED) is 0.816. The summed E-state index contributed by atoms with van der Waals surface area (Å²) in [5.41, 5.74) is 6.57. The zero-order valence-corrected chi connectivity index (χ0v) is 11.8. The van der Waals surface area contributed by atoms with E-state index >= 15 is 0 Å². The molecule has 1 aliphatic carbocycles. The molecule has 0 aromatic carbocycles. The fourth-order valence-electron chi connectivity index (χ4n) is 4.33. The van der Waals surface area contributed by atoms with Crippen LogP contribution in [0.4, 0.5) is 0 Å². The molecule has 1 saturated carbocycles. The lowest BCUT2D eigenvalue weighted by Gasteiger charge is -2.48. The number of hydrogen-bond donors (Lipinski definition) is 1. The Balaban J connectivity index is 2.11. The molecule has 2 aliphatic rings. The van der Waals surface area contributed by atoms with Crippen LogP contribution in [-0.4, -0.2) is 30.1 Å². The van der Waals surface area contributed by atoms with Gasteiger partial charge >= 0.3 is 0 Å². The monoisotopic (exact) mass is 238 g/mol. The Bertz CT molecular complexity index is 241. The van der Waals surface area contributed by atoms with Crippen molar-refractivity contribution in [2.24, 2.45) is 17.6 Å². The van der Waals surface area contributed by atoms with E-state index in [0.29, 0.717) is 5.54 Å². The average Bonchev–Trinajstić information content (AvgIpc) is 2.82. The van der Waals surface area contributed by atoms with Crippen LogP contribution in [0.1, 0.15) is 58.8 Å². The number of nitrogens with zero attached hydrogens (tertiary/aromatic N) is 1. The highest BCUT2D eigenvalue weighted by atomic mass is 15.2. The van der Waals surface area contributed by atoms with Crippen LogP contribution in [0.15, 0.2) is 0 Å². The summed E-state index contributed by atoms with van der Waals surface area (Å²) in [5.74, 6) is 1.77. The SMILES string of the molecule is CCC1CCCN(C2(CN)CCCC2CC)C1. The van der Waals surface area contributed by atoms with Crippen LogP contribution in [0.3, 0.4) is 0 Å². The summed E-state index contributed by atoms with van der Waals surface area (Å²) < 4.78 is 0. The van der Waals surface area contributed by atoms with Gasteiger partial charge in [-0.1, -0.05) is 33.1 Å². The molecule has 17 heavy (non-hydrogen) atoms. The first-order chi connectivity index (χ1) is 8.26. The first kappa shape index (κ1) is 13.4. The minimum Gasteiger partial charge on any atom is -0.329 e. The summed E-state index contributed by atoms with van der Waals surface area (Å²) in [7, 11) is 0. The third kappa shape index (κ3) is 2.39. The molecule has 2 rings (SSSR count). The van der Waals surface area contributed by atoms with Crippen molar-refractivity contribution in [1.82, 2.24) is 4.90 Å². The van der Waals surface area contributed by atoms with E-state index in [9.17, 15) is 0 Å². The standard InChI is InChI=1S/C15H30N2/c1-3-13-7-6-10-17(11-13)15(12-16)9-5-8-14(15)4-2/h13-14H,3-12,16H2,1-2H3. The van der Waals surface area contributed by atoms with Gasteiger partial charge < -0.3 is 5.73 Å². The Morgan fingerprint density at radius 3 is 2.65 bits per heavy atom. The van der Waals surface area contributed by atoms with Gasteiger partial charge in [-0.2, -0.15) is 0 Å². The van der Waals surface area contributed by atoms with E-state index in [1.807, 2.05) is 0 Å². The van der Waals surface area contributed by atoms with E-state index in [1.54, 1.807) is 0 Å². The molecule has 2 fully saturated rings. The molecule has 100 valence electrons. The van der Waals surface area contributed by atoms with Crippen LogP contribution in [0, 0.1) is 11.8 Å². The molecular weight excluding hydrogens is 208 g/mol. The first-order valence-corrected chi connectivity index (χ1v) is 7.72. The third-order valence-corrected chi connectivity index (χ3v) is 5.49. The molecule has 0 spiro atoms. The lowest BCUT2D eigenvalue weighted by atomic mass is 9.80. The zero-order chi connectivity index (χ0) is 12.3. The van der Waals surface area contributed by atoms with Crippen molar-refractivity contribution in [1.29, 1.82) is 0 Å². The minimum absolute atomic E-state index is 0.364. The molecule has 0 radical (unpaired) electrons. The van der Waals surface area contributed by atoms with Crippen molar-refractivity contribution in [2.45, 2.75) is 64.3 Å². The van der Waals surface area contributed by atoms with Crippen molar-refractivity contribution < 1.29 is 0 Å². The highest BCUT2D eigenvalue weighted by molar-refractivity contribution is 5.02. The summed E-state index contributed by atoms with van der Waals surface area (Å²) in [6.07, 6.45) is 9.61. The lowest BCUT2D eigenvalue weighted by Crippen LogP contribution is -2.58. The molecule has 0 amide bonds. The lowest BCUT2D eigenvalue weighted by molar-refractivity contribution is 0.0177. The second-order valence-electron chi connectivity index (χ2n) is 6.17. The van der Waals surface area contributed by atoms with Gasteiger partial charge in [0.05, 0.1) is 0 Å². The maximum atomic E-state index is 6.21. The van der Waals surface area contributed by atoms with Crippen LogP contribution >= 0.6 is 0 Å². The van der Waals surface area contributed by atoms with Crippen molar-refractivity contribution in [3.8, 4) is 0 Å². The molecule has 2 N–H and O–H groups in total. The van der Waals surface area contributed by atoms with Gasteiger partial charge in [0.15, 0.2) is 0 Å². The molecular formula is C15H30N2. The largest absolute Gasteiger partial charge is 0.329 e. The van der Waals surface area contributed by atoms with Crippen LogP contribution in [-0.2, 0) is 0 Å². The van der Waals surface area contributed by atoms with E-state index in [0.717, 1.165) is 18.4 Å². The number of rotatable bonds is 4. The van der Waals surface area contributed by atoms with Crippen molar-refractivity contribution in [3.63, 3.8) is 0 Å². The van der Waals surface area contributed by atoms with Crippen molar-refractivity contribution in [2.75, 3.05) is 19.6 Å².